The van der Waals surface area contributed by atoms with Crippen LogP contribution in [-0.4, -0.2) is 15.6 Å². The van der Waals surface area contributed by atoms with E-state index >= 15 is 0 Å². The van der Waals surface area contributed by atoms with Crippen molar-refractivity contribution >= 4 is 16.9 Å². The van der Waals surface area contributed by atoms with Crippen molar-refractivity contribution in [2.75, 3.05) is 5.75 Å². The summed E-state index contributed by atoms with van der Waals surface area (Å²) in [6.45, 7) is 0. The summed E-state index contributed by atoms with van der Waals surface area (Å²) in [4.78, 5) is 10.4. The molecule has 0 aliphatic carbocycles. The molecule has 0 radical (unpaired) electrons. The van der Waals surface area contributed by atoms with Crippen LogP contribution in [0.25, 0.3) is 0 Å². The summed E-state index contributed by atoms with van der Waals surface area (Å²) in [7, 11) is 0. The molecule has 2 aliphatic rings. The van der Waals surface area contributed by atoms with Crippen molar-refractivity contribution in [3.63, 3.8) is 0 Å². The van der Waals surface area contributed by atoms with Crippen LogP contribution in [0.1, 0.15) is 24.8 Å². The molecule has 2 saturated heterocycles. The highest BCUT2D eigenvalue weighted by atomic mass is 32.2. The molecule has 5 heteroatoms. The highest BCUT2D eigenvalue weighted by Gasteiger charge is 2.73. The van der Waals surface area contributed by atoms with Crippen molar-refractivity contribution in [3.8, 4) is 0 Å². The predicted molar refractivity (Wildman–Crippen MR) is 66.7 cm³/mol. The highest BCUT2D eigenvalue weighted by molar-refractivity contribution is 7.99. The second kappa shape index (κ2) is 3.99. The molecular formula is C12H14NO3S+. The topological polar surface area (TPSA) is 55.7 Å². The van der Waals surface area contributed by atoms with Crippen molar-refractivity contribution < 1.29 is 9.11 Å². The van der Waals surface area contributed by atoms with Crippen LogP contribution >= 0.6 is 0 Å². The number of nitro benzene ring substituents is 1. The monoisotopic (exact) mass is 252 g/mol. The summed E-state index contributed by atoms with van der Waals surface area (Å²) in [5.41, 5.74) is 1.33. The molecule has 2 unspecified atom stereocenters. The third-order valence-electron chi connectivity index (χ3n) is 3.47. The lowest BCUT2D eigenvalue weighted by molar-refractivity contribution is -0.384. The number of rotatable bonds is 4. The van der Waals surface area contributed by atoms with Gasteiger partial charge in [-0.15, -0.1) is 4.18 Å². The lowest BCUT2D eigenvalue weighted by atomic mass is 10.0. The van der Waals surface area contributed by atoms with Gasteiger partial charge in [-0.25, -0.2) is 0 Å². The minimum absolute atomic E-state index is 0.162. The van der Waals surface area contributed by atoms with E-state index in [0.29, 0.717) is 0 Å². The Hall–Kier alpha value is -1.07. The average Bonchev–Trinajstić information content (AvgIpc) is 2.89. The Kier molecular flexibility index (Phi) is 2.60. The number of fused-ring (bicyclic) bond motifs is 1. The first-order valence-electron chi connectivity index (χ1n) is 5.83. The van der Waals surface area contributed by atoms with Gasteiger partial charge in [-0.05, 0) is 12.0 Å². The Morgan fingerprint density at radius 3 is 2.71 bits per heavy atom. The maximum Gasteiger partial charge on any atom is 0.308 e. The van der Waals surface area contributed by atoms with E-state index in [9.17, 15) is 10.1 Å². The van der Waals surface area contributed by atoms with E-state index in [1.54, 1.807) is 12.1 Å². The number of benzene rings is 1. The number of nitro groups is 1. The number of hydrogen-bond acceptors (Lipinski definition) is 3. The molecule has 0 aromatic heterocycles. The largest absolute Gasteiger partial charge is 0.308 e. The molecule has 3 rings (SSSR count). The zero-order chi connectivity index (χ0) is 11.9. The minimum Gasteiger partial charge on any atom is -0.258 e. The summed E-state index contributed by atoms with van der Waals surface area (Å²) in [5.74, 6) is 1.24. The Balaban J connectivity index is 1.60. The minimum atomic E-state index is -0.360. The van der Waals surface area contributed by atoms with Crippen molar-refractivity contribution in [1.29, 1.82) is 0 Å². The first-order chi connectivity index (χ1) is 8.20. The third kappa shape index (κ3) is 2.05. The molecule has 17 heavy (non-hydrogen) atoms. The van der Waals surface area contributed by atoms with Gasteiger partial charge in [0.25, 0.3) is 5.69 Å². The third-order valence-corrected chi connectivity index (χ3v) is 5.82. The molecule has 1 aromatic rings. The lowest BCUT2D eigenvalue weighted by Crippen LogP contribution is -2.09. The fraction of sp³-hybridized carbons (Fsp3) is 0.500. The zero-order valence-electron chi connectivity index (χ0n) is 9.43. The quantitative estimate of drug-likeness (QED) is 0.358. The summed E-state index contributed by atoms with van der Waals surface area (Å²) in [6.07, 6.45) is 4.52. The molecule has 1 aromatic carbocycles. The molecule has 4 nitrogen and oxygen atoms in total. The molecule has 2 heterocycles. The van der Waals surface area contributed by atoms with Crippen LogP contribution in [0.15, 0.2) is 24.3 Å². The Labute approximate surface area is 103 Å². The molecule has 2 aliphatic heterocycles. The van der Waals surface area contributed by atoms with Crippen LogP contribution in [0.5, 0.6) is 0 Å². The van der Waals surface area contributed by atoms with E-state index in [2.05, 4.69) is 0 Å². The molecule has 2 atom stereocenters. The van der Waals surface area contributed by atoms with Gasteiger partial charge in [-0.1, -0.05) is 12.1 Å². The van der Waals surface area contributed by atoms with Crippen LogP contribution in [-0.2, 0) is 21.8 Å². The van der Waals surface area contributed by atoms with Crippen molar-refractivity contribution in [2.24, 2.45) is 0 Å². The normalized spacial score (nSPS) is 30.0. The van der Waals surface area contributed by atoms with Crippen molar-refractivity contribution in [2.45, 2.75) is 30.6 Å². The Morgan fingerprint density at radius 2 is 2.18 bits per heavy atom. The SMILES string of the molecule is O=[N+]([O-])c1ccc(CCC23CCC[S+]2O3)cc1. The molecule has 0 spiro atoms. The second-order valence-electron chi connectivity index (χ2n) is 4.57. The van der Waals surface area contributed by atoms with Crippen LogP contribution in [0.4, 0.5) is 5.69 Å². The maximum absolute atomic E-state index is 10.5. The molecule has 0 N–H and O–H groups in total. The molecular weight excluding hydrogens is 238 g/mol. The van der Waals surface area contributed by atoms with Gasteiger partial charge in [0.05, 0.1) is 4.92 Å². The zero-order valence-corrected chi connectivity index (χ0v) is 10.2. The average molecular weight is 252 g/mol. The van der Waals surface area contributed by atoms with Gasteiger partial charge in [-0.3, -0.25) is 10.1 Å². The van der Waals surface area contributed by atoms with Gasteiger partial charge in [0.2, 0.25) is 0 Å². The number of hydrogen-bond donors (Lipinski definition) is 0. The fourth-order valence-corrected chi connectivity index (χ4v) is 4.63. The summed E-state index contributed by atoms with van der Waals surface area (Å²) in [6, 6.07) is 6.86. The van der Waals surface area contributed by atoms with Crippen molar-refractivity contribution in [3.05, 3.63) is 39.9 Å². The van der Waals surface area contributed by atoms with Gasteiger partial charge in [0.1, 0.15) is 5.75 Å². The Bertz CT molecular complexity index is 448. The predicted octanol–water partition coefficient (Wildman–Crippen LogP) is 2.58. The standard InChI is InChI=1S/C12H14NO3S/c14-13(15)11-4-2-10(3-5-11)6-8-12-7-1-9-17(12)16-12/h2-5H,1,6-9H2/q+1. The van der Waals surface area contributed by atoms with Gasteiger partial charge < -0.3 is 0 Å². The number of nitrogens with zero attached hydrogens (tertiary/aromatic N) is 1. The molecule has 0 saturated carbocycles. The van der Waals surface area contributed by atoms with E-state index in [0.717, 1.165) is 18.4 Å². The van der Waals surface area contributed by atoms with Gasteiger partial charge in [-0.2, -0.15) is 0 Å². The molecule has 0 amide bonds. The molecule has 2 fully saturated rings. The maximum atomic E-state index is 10.5. The van der Waals surface area contributed by atoms with Crippen LogP contribution < -0.4 is 0 Å². The van der Waals surface area contributed by atoms with E-state index in [-0.39, 0.29) is 26.7 Å². The highest BCUT2D eigenvalue weighted by Crippen LogP contribution is 2.53. The van der Waals surface area contributed by atoms with E-state index < -0.39 is 0 Å². The van der Waals surface area contributed by atoms with Crippen LogP contribution in [0, 0.1) is 10.1 Å². The summed E-state index contributed by atoms with van der Waals surface area (Å²) >= 11 is 0.242. The van der Waals surface area contributed by atoms with Crippen LogP contribution in [0.2, 0.25) is 0 Å². The molecule has 0 bridgehead atoms. The van der Waals surface area contributed by atoms with Gasteiger partial charge in [0, 0.05) is 31.4 Å². The fourth-order valence-electron chi connectivity index (χ4n) is 2.42. The summed E-state index contributed by atoms with van der Waals surface area (Å²) in [5, 5.41) is 10.5. The first kappa shape index (κ1) is 11.0. The van der Waals surface area contributed by atoms with E-state index in [1.807, 2.05) is 12.1 Å². The number of non-ortho nitro benzene ring substituents is 1. The Morgan fingerprint density at radius 1 is 1.41 bits per heavy atom. The lowest BCUT2D eigenvalue weighted by Gasteiger charge is -2.00. The summed E-state index contributed by atoms with van der Waals surface area (Å²) < 4.78 is 5.74. The number of aryl methyl sites for hydroxylation is 1. The van der Waals surface area contributed by atoms with Crippen LogP contribution in [0.3, 0.4) is 0 Å². The smallest absolute Gasteiger partial charge is 0.258 e. The van der Waals surface area contributed by atoms with E-state index in [4.69, 9.17) is 4.18 Å². The van der Waals surface area contributed by atoms with E-state index in [1.165, 1.54) is 18.6 Å². The van der Waals surface area contributed by atoms with Gasteiger partial charge in [0.15, 0.2) is 11.2 Å². The van der Waals surface area contributed by atoms with Crippen molar-refractivity contribution in [1.82, 2.24) is 0 Å². The second-order valence-corrected chi connectivity index (χ2v) is 6.58. The van der Waals surface area contributed by atoms with Gasteiger partial charge >= 0.3 is 4.93 Å². The molecule has 90 valence electrons. The first-order valence-corrected chi connectivity index (χ1v) is 7.15.